The second-order valence-electron chi connectivity index (χ2n) is 6.17. The standard InChI is InChI=1S/C16H21FN2O4/c1-16(2,8-21)15-4-10-3-13(18-9-22)12(17)5-14(10)19(15)6-11(23)7-20/h3-5,9,11,20-21,23H,6-8H2,1-2H3,(H,18,22)/t11-/m1/s1. The zero-order valence-electron chi connectivity index (χ0n) is 13.1. The third kappa shape index (κ3) is 3.36. The van der Waals surface area contributed by atoms with Crippen molar-refractivity contribution in [2.24, 2.45) is 0 Å². The highest BCUT2D eigenvalue weighted by molar-refractivity contribution is 5.87. The molecular weight excluding hydrogens is 303 g/mol. The van der Waals surface area contributed by atoms with Crippen LogP contribution in [-0.2, 0) is 16.8 Å². The fourth-order valence-corrected chi connectivity index (χ4v) is 2.56. The SMILES string of the molecule is CC(C)(CO)c1cc2cc(NC=O)c(F)cc2n1C[C@@H](O)CO. The highest BCUT2D eigenvalue weighted by atomic mass is 19.1. The van der Waals surface area contributed by atoms with Crippen molar-refractivity contribution < 1.29 is 24.5 Å². The summed E-state index contributed by atoms with van der Waals surface area (Å²) in [6.45, 7) is 3.15. The van der Waals surface area contributed by atoms with Crippen LogP contribution in [0.5, 0.6) is 0 Å². The van der Waals surface area contributed by atoms with Crippen LogP contribution in [0.2, 0.25) is 0 Å². The zero-order chi connectivity index (χ0) is 17.2. The van der Waals surface area contributed by atoms with Crippen molar-refractivity contribution in [3.63, 3.8) is 0 Å². The molecule has 2 aromatic rings. The van der Waals surface area contributed by atoms with Gasteiger partial charge >= 0.3 is 0 Å². The number of hydrogen-bond acceptors (Lipinski definition) is 4. The molecule has 0 fully saturated rings. The minimum Gasteiger partial charge on any atom is -0.395 e. The molecule has 0 aliphatic heterocycles. The number of halogens is 1. The summed E-state index contributed by atoms with van der Waals surface area (Å²) in [4.78, 5) is 10.5. The van der Waals surface area contributed by atoms with Crippen molar-refractivity contribution in [2.75, 3.05) is 18.5 Å². The normalized spacial score (nSPS) is 13.3. The van der Waals surface area contributed by atoms with Crippen LogP contribution in [0, 0.1) is 5.82 Å². The lowest BCUT2D eigenvalue weighted by Gasteiger charge is -2.25. The van der Waals surface area contributed by atoms with Crippen molar-refractivity contribution in [1.29, 1.82) is 0 Å². The maximum Gasteiger partial charge on any atom is 0.211 e. The predicted octanol–water partition coefficient (Wildman–Crippen LogP) is 0.972. The van der Waals surface area contributed by atoms with Crippen molar-refractivity contribution in [1.82, 2.24) is 4.57 Å². The number of hydrogen-bond donors (Lipinski definition) is 4. The lowest BCUT2D eigenvalue weighted by Crippen LogP contribution is -2.29. The number of aliphatic hydroxyl groups excluding tert-OH is 3. The number of anilines is 1. The Bertz CT molecular complexity index is 712. The van der Waals surface area contributed by atoms with Gasteiger partial charge in [-0.1, -0.05) is 13.8 Å². The number of amides is 1. The fraction of sp³-hybridized carbons (Fsp3) is 0.438. The molecule has 0 unspecified atom stereocenters. The molecule has 1 atom stereocenters. The smallest absolute Gasteiger partial charge is 0.211 e. The Hall–Kier alpha value is -1.96. The number of carbonyl (C=O) groups excluding carboxylic acids is 1. The van der Waals surface area contributed by atoms with Gasteiger partial charge in [0.25, 0.3) is 0 Å². The topological polar surface area (TPSA) is 94.7 Å². The average molecular weight is 324 g/mol. The molecule has 1 amide bonds. The van der Waals surface area contributed by atoms with Gasteiger partial charge in [-0.05, 0) is 12.1 Å². The van der Waals surface area contributed by atoms with E-state index < -0.39 is 23.9 Å². The summed E-state index contributed by atoms with van der Waals surface area (Å²) in [6, 6.07) is 4.55. The lowest BCUT2D eigenvalue weighted by atomic mass is 9.90. The summed E-state index contributed by atoms with van der Waals surface area (Å²) >= 11 is 0. The minimum absolute atomic E-state index is 0.0562. The van der Waals surface area contributed by atoms with Crippen LogP contribution >= 0.6 is 0 Å². The van der Waals surface area contributed by atoms with Crippen molar-refractivity contribution in [2.45, 2.75) is 31.9 Å². The van der Waals surface area contributed by atoms with Gasteiger partial charge in [-0.25, -0.2) is 4.39 Å². The maximum absolute atomic E-state index is 14.1. The zero-order valence-corrected chi connectivity index (χ0v) is 13.1. The Kier molecular flexibility index (Phi) is 5.03. The molecule has 0 saturated carbocycles. The first-order valence-electron chi connectivity index (χ1n) is 7.27. The summed E-state index contributed by atoms with van der Waals surface area (Å²) in [6.07, 6.45) is -0.607. The Morgan fingerprint density at radius 1 is 1.35 bits per heavy atom. The molecule has 0 saturated heterocycles. The van der Waals surface area contributed by atoms with Gasteiger partial charge in [0.05, 0.1) is 37.1 Å². The molecule has 4 N–H and O–H groups in total. The second-order valence-corrected chi connectivity index (χ2v) is 6.17. The fourth-order valence-electron chi connectivity index (χ4n) is 2.56. The lowest BCUT2D eigenvalue weighted by molar-refractivity contribution is -0.105. The summed E-state index contributed by atoms with van der Waals surface area (Å²) in [5.74, 6) is -0.601. The van der Waals surface area contributed by atoms with Crippen LogP contribution < -0.4 is 5.32 Å². The molecule has 0 aliphatic carbocycles. The van der Waals surface area contributed by atoms with Gasteiger partial charge in [0.15, 0.2) is 0 Å². The van der Waals surface area contributed by atoms with Gasteiger partial charge in [0.2, 0.25) is 6.41 Å². The number of rotatable bonds is 7. The molecule has 0 spiro atoms. The Balaban J connectivity index is 2.68. The van der Waals surface area contributed by atoms with E-state index in [2.05, 4.69) is 5.32 Å². The highest BCUT2D eigenvalue weighted by Gasteiger charge is 2.26. The molecule has 126 valence electrons. The number of aliphatic hydroxyl groups is 3. The van der Waals surface area contributed by atoms with Crippen molar-refractivity contribution in [3.8, 4) is 0 Å². The first-order chi connectivity index (χ1) is 10.8. The Morgan fingerprint density at radius 3 is 2.61 bits per heavy atom. The quantitative estimate of drug-likeness (QED) is 0.571. The number of benzene rings is 1. The van der Waals surface area contributed by atoms with Gasteiger partial charge in [-0.2, -0.15) is 0 Å². The van der Waals surface area contributed by atoms with E-state index in [4.69, 9.17) is 5.11 Å². The predicted molar refractivity (Wildman–Crippen MR) is 84.8 cm³/mol. The molecule has 1 aromatic heterocycles. The second kappa shape index (κ2) is 6.66. The first-order valence-corrected chi connectivity index (χ1v) is 7.27. The van der Waals surface area contributed by atoms with E-state index in [0.29, 0.717) is 23.0 Å². The van der Waals surface area contributed by atoms with E-state index in [9.17, 15) is 19.4 Å². The van der Waals surface area contributed by atoms with E-state index in [1.54, 1.807) is 10.6 Å². The van der Waals surface area contributed by atoms with Crippen molar-refractivity contribution >= 4 is 23.0 Å². The van der Waals surface area contributed by atoms with Gasteiger partial charge in [-0.3, -0.25) is 4.79 Å². The van der Waals surface area contributed by atoms with E-state index in [1.807, 2.05) is 13.8 Å². The summed E-state index contributed by atoms with van der Waals surface area (Å²) < 4.78 is 15.8. The number of carbonyl (C=O) groups is 1. The van der Waals surface area contributed by atoms with Gasteiger partial charge in [0, 0.05) is 22.6 Å². The van der Waals surface area contributed by atoms with Gasteiger partial charge < -0.3 is 25.2 Å². The van der Waals surface area contributed by atoms with E-state index in [0.717, 1.165) is 0 Å². The number of nitrogens with zero attached hydrogens (tertiary/aromatic N) is 1. The third-order valence-corrected chi connectivity index (χ3v) is 3.90. The number of fused-ring (bicyclic) bond motifs is 1. The molecule has 6 nitrogen and oxygen atoms in total. The molecular formula is C16H21FN2O4. The van der Waals surface area contributed by atoms with E-state index in [1.165, 1.54) is 12.1 Å². The Labute approximate surface area is 133 Å². The largest absolute Gasteiger partial charge is 0.395 e. The molecule has 1 heterocycles. The monoisotopic (exact) mass is 324 g/mol. The van der Waals surface area contributed by atoms with Crippen LogP contribution in [-0.4, -0.2) is 45.6 Å². The molecule has 0 bridgehead atoms. The minimum atomic E-state index is -1.00. The molecule has 23 heavy (non-hydrogen) atoms. The molecule has 2 rings (SSSR count). The van der Waals surface area contributed by atoms with Crippen molar-refractivity contribution in [3.05, 3.63) is 29.7 Å². The summed E-state index contributed by atoms with van der Waals surface area (Å²) in [5.41, 5.74) is 0.650. The first kappa shape index (κ1) is 17.4. The van der Waals surface area contributed by atoms with Crippen LogP contribution in [0.1, 0.15) is 19.5 Å². The molecule has 0 radical (unpaired) electrons. The molecule has 0 aliphatic rings. The Morgan fingerprint density at radius 2 is 2.04 bits per heavy atom. The number of aromatic nitrogens is 1. The number of nitrogens with one attached hydrogen (secondary N) is 1. The van der Waals surface area contributed by atoms with Gasteiger partial charge in [-0.15, -0.1) is 0 Å². The molecule has 1 aromatic carbocycles. The van der Waals surface area contributed by atoms with Gasteiger partial charge in [0.1, 0.15) is 5.82 Å². The van der Waals surface area contributed by atoms with Crippen LogP contribution in [0.25, 0.3) is 10.9 Å². The maximum atomic E-state index is 14.1. The van der Waals surface area contributed by atoms with Crippen LogP contribution in [0.3, 0.4) is 0 Å². The highest BCUT2D eigenvalue weighted by Crippen LogP contribution is 2.32. The van der Waals surface area contributed by atoms with E-state index >= 15 is 0 Å². The molecule has 7 heteroatoms. The van der Waals surface area contributed by atoms with Crippen LogP contribution in [0.15, 0.2) is 18.2 Å². The average Bonchev–Trinajstić information content (AvgIpc) is 2.86. The summed E-state index contributed by atoms with van der Waals surface area (Å²) in [5, 5.41) is 31.4. The van der Waals surface area contributed by atoms with E-state index in [-0.39, 0.29) is 18.8 Å². The third-order valence-electron chi connectivity index (χ3n) is 3.90. The summed E-state index contributed by atoms with van der Waals surface area (Å²) in [7, 11) is 0. The van der Waals surface area contributed by atoms with Crippen LogP contribution in [0.4, 0.5) is 10.1 Å².